The Morgan fingerprint density at radius 3 is 2.52 bits per heavy atom. The Morgan fingerprint density at radius 1 is 0.968 bits per heavy atom. The van der Waals surface area contributed by atoms with E-state index in [4.69, 9.17) is 4.74 Å². The van der Waals surface area contributed by atoms with Gasteiger partial charge in [-0.25, -0.2) is 4.79 Å². The predicted octanol–water partition coefficient (Wildman–Crippen LogP) is 4.38. The molecule has 0 bridgehead atoms. The van der Waals surface area contributed by atoms with E-state index in [2.05, 4.69) is 16.0 Å². The quantitative estimate of drug-likeness (QED) is 0.369. The molecule has 1 amide bonds. The molecule has 1 aliphatic heterocycles. The Bertz CT molecular complexity index is 820. The summed E-state index contributed by atoms with van der Waals surface area (Å²) in [6.45, 7) is 3.55. The van der Waals surface area contributed by atoms with Gasteiger partial charge < -0.3 is 20.7 Å². The summed E-state index contributed by atoms with van der Waals surface area (Å²) in [5, 5.41) is 9.47. The first-order chi connectivity index (χ1) is 15.2. The lowest BCUT2D eigenvalue weighted by atomic mass is 9.91. The summed E-state index contributed by atoms with van der Waals surface area (Å²) in [6, 6.07) is 17.3. The maximum absolute atomic E-state index is 12.7. The number of ketones is 1. The summed E-state index contributed by atoms with van der Waals surface area (Å²) in [5.74, 6) is 0.849. The Balaban J connectivity index is 1.34. The monoisotopic (exact) mass is 423 g/mol. The van der Waals surface area contributed by atoms with E-state index in [-0.39, 0.29) is 12.4 Å². The van der Waals surface area contributed by atoms with Crippen molar-refractivity contribution in [3.05, 3.63) is 65.7 Å². The highest BCUT2D eigenvalue weighted by molar-refractivity contribution is 6.01. The second-order valence-corrected chi connectivity index (χ2v) is 7.97. The second kappa shape index (κ2) is 12.7. The molecule has 6 nitrogen and oxygen atoms in total. The average Bonchev–Trinajstić information content (AvgIpc) is 2.82. The van der Waals surface area contributed by atoms with Gasteiger partial charge in [0.15, 0.2) is 5.78 Å². The standard InChI is InChI=1S/C25H33N3O3/c29-24(12-11-20-13-17-26-18-14-20)22-9-4-5-10-23(22)27-15-6-16-28-25(30)31-19-21-7-2-1-3-8-21/h1-5,7-10,20,26-27H,6,11-19H2,(H,28,30). The molecule has 166 valence electrons. The summed E-state index contributed by atoms with van der Waals surface area (Å²) in [4.78, 5) is 24.5. The van der Waals surface area contributed by atoms with Gasteiger partial charge in [0.25, 0.3) is 0 Å². The fourth-order valence-corrected chi connectivity index (χ4v) is 3.80. The molecular weight excluding hydrogens is 390 g/mol. The number of hydrogen-bond donors (Lipinski definition) is 3. The zero-order valence-electron chi connectivity index (χ0n) is 18.1. The largest absolute Gasteiger partial charge is 0.445 e. The Hall–Kier alpha value is -2.86. The number of piperidine rings is 1. The van der Waals surface area contributed by atoms with Gasteiger partial charge in [0.1, 0.15) is 6.61 Å². The van der Waals surface area contributed by atoms with Crippen molar-refractivity contribution in [1.82, 2.24) is 10.6 Å². The number of benzene rings is 2. The molecule has 6 heteroatoms. The van der Waals surface area contributed by atoms with Crippen LogP contribution in [0, 0.1) is 5.92 Å². The number of nitrogens with one attached hydrogen (secondary N) is 3. The summed E-state index contributed by atoms with van der Waals surface area (Å²) in [5.41, 5.74) is 2.58. The first-order valence-corrected chi connectivity index (χ1v) is 11.2. The van der Waals surface area contributed by atoms with E-state index in [1.165, 1.54) is 0 Å². The van der Waals surface area contributed by atoms with Crippen LogP contribution in [0.5, 0.6) is 0 Å². The molecule has 1 fully saturated rings. The third kappa shape index (κ3) is 8.06. The fourth-order valence-electron chi connectivity index (χ4n) is 3.80. The van der Waals surface area contributed by atoms with Crippen LogP contribution in [-0.2, 0) is 11.3 Å². The number of carbonyl (C=O) groups is 2. The molecule has 1 heterocycles. The van der Waals surface area contributed by atoms with Gasteiger partial charge in [0.05, 0.1) is 0 Å². The highest BCUT2D eigenvalue weighted by atomic mass is 16.5. The zero-order chi connectivity index (χ0) is 21.7. The van der Waals surface area contributed by atoms with Gasteiger partial charge in [-0.2, -0.15) is 0 Å². The number of hydrogen-bond acceptors (Lipinski definition) is 5. The lowest BCUT2D eigenvalue weighted by Gasteiger charge is -2.22. The molecule has 0 aromatic heterocycles. The van der Waals surface area contributed by atoms with Crippen LogP contribution in [0.15, 0.2) is 54.6 Å². The number of rotatable bonds is 11. The number of amides is 1. The van der Waals surface area contributed by atoms with Crippen molar-refractivity contribution in [2.45, 2.75) is 38.7 Å². The first kappa shape index (κ1) is 22.8. The van der Waals surface area contributed by atoms with E-state index in [9.17, 15) is 9.59 Å². The molecule has 0 radical (unpaired) electrons. The van der Waals surface area contributed by atoms with E-state index in [0.29, 0.717) is 25.4 Å². The Kier molecular flexibility index (Phi) is 9.38. The highest BCUT2D eigenvalue weighted by Crippen LogP contribution is 2.22. The lowest BCUT2D eigenvalue weighted by Crippen LogP contribution is -2.28. The van der Waals surface area contributed by atoms with Gasteiger partial charge in [-0.3, -0.25) is 4.79 Å². The van der Waals surface area contributed by atoms with Crippen LogP contribution in [0.4, 0.5) is 10.5 Å². The van der Waals surface area contributed by atoms with E-state index >= 15 is 0 Å². The van der Waals surface area contributed by atoms with Crippen LogP contribution in [0.2, 0.25) is 0 Å². The number of ether oxygens (including phenoxy) is 1. The summed E-state index contributed by atoms with van der Waals surface area (Å²) in [6.07, 6.45) is 4.19. The van der Waals surface area contributed by atoms with Gasteiger partial charge in [0.2, 0.25) is 0 Å². The number of Topliss-reactive ketones (excluding diaryl/α,β-unsaturated/α-hetero) is 1. The molecule has 3 rings (SSSR count). The number of anilines is 1. The van der Waals surface area contributed by atoms with Crippen LogP contribution in [-0.4, -0.2) is 38.1 Å². The summed E-state index contributed by atoms with van der Waals surface area (Å²) < 4.78 is 5.20. The van der Waals surface area contributed by atoms with Crippen LogP contribution in [0.1, 0.15) is 48.0 Å². The van der Waals surface area contributed by atoms with Crippen molar-refractivity contribution in [3.63, 3.8) is 0 Å². The number of alkyl carbamates (subject to hydrolysis) is 1. The van der Waals surface area contributed by atoms with E-state index in [0.717, 1.165) is 55.6 Å². The van der Waals surface area contributed by atoms with Crippen molar-refractivity contribution in [2.75, 3.05) is 31.5 Å². The molecule has 1 aliphatic rings. The normalized spacial score (nSPS) is 14.1. The molecule has 3 N–H and O–H groups in total. The molecule has 2 aromatic carbocycles. The Morgan fingerprint density at radius 2 is 1.71 bits per heavy atom. The lowest BCUT2D eigenvalue weighted by molar-refractivity contribution is 0.0971. The van der Waals surface area contributed by atoms with Gasteiger partial charge in [-0.05, 0) is 62.4 Å². The van der Waals surface area contributed by atoms with E-state index < -0.39 is 6.09 Å². The molecular formula is C25H33N3O3. The van der Waals surface area contributed by atoms with Gasteiger partial charge in [0, 0.05) is 30.8 Å². The van der Waals surface area contributed by atoms with Crippen LogP contribution in [0.25, 0.3) is 0 Å². The summed E-state index contributed by atoms with van der Waals surface area (Å²) >= 11 is 0. The zero-order valence-corrected chi connectivity index (χ0v) is 18.1. The van der Waals surface area contributed by atoms with Crippen molar-refractivity contribution >= 4 is 17.6 Å². The van der Waals surface area contributed by atoms with Crippen molar-refractivity contribution in [3.8, 4) is 0 Å². The smallest absolute Gasteiger partial charge is 0.407 e. The SMILES string of the molecule is O=C(NCCCNc1ccccc1C(=O)CCC1CCNCC1)OCc1ccccc1. The molecule has 0 unspecified atom stereocenters. The number of carbonyl (C=O) groups excluding carboxylic acids is 2. The van der Waals surface area contributed by atoms with E-state index in [1.54, 1.807) is 0 Å². The topological polar surface area (TPSA) is 79.5 Å². The first-order valence-electron chi connectivity index (χ1n) is 11.2. The Labute approximate surface area is 184 Å². The molecule has 2 aromatic rings. The third-order valence-electron chi connectivity index (χ3n) is 5.62. The van der Waals surface area contributed by atoms with Crippen LogP contribution >= 0.6 is 0 Å². The van der Waals surface area contributed by atoms with E-state index in [1.807, 2.05) is 54.6 Å². The van der Waals surface area contributed by atoms with Crippen molar-refractivity contribution in [2.24, 2.45) is 5.92 Å². The molecule has 0 spiro atoms. The van der Waals surface area contributed by atoms with Crippen molar-refractivity contribution < 1.29 is 14.3 Å². The minimum atomic E-state index is -0.419. The van der Waals surface area contributed by atoms with Crippen molar-refractivity contribution in [1.29, 1.82) is 0 Å². The molecule has 0 aliphatic carbocycles. The average molecular weight is 424 g/mol. The number of para-hydroxylation sites is 1. The molecule has 31 heavy (non-hydrogen) atoms. The van der Waals surface area contributed by atoms with Gasteiger partial charge in [-0.1, -0.05) is 42.5 Å². The fraction of sp³-hybridized carbons (Fsp3) is 0.440. The van der Waals surface area contributed by atoms with Gasteiger partial charge >= 0.3 is 6.09 Å². The minimum Gasteiger partial charge on any atom is -0.445 e. The predicted molar refractivity (Wildman–Crippen MR) is 123 cm³/mol. The van der Waals surface area contributed by atoms with Crippen LogP contribution < -0.4 is 16.0 Å². The third-order valence-corrected chi connectivity index (χ3v) is 5.62. The van der Waals surface area contributed by atoms with Gasteiger partial charge in [-0.15, -0.1) is 0 Å². The maximum Gasteiger partial charge on any atom is 0.407 e. The maximum atomic E-state index is 12.7. The molecule has 1 saturated heterocycles. The second-order valence-electron chi connectivity index (χ2n) is 7.97. The molecule has 0 atom stereocenters. The minimum absolute atomic E-state index is 0.198. The highest BCUT2D eigenvalue weighted by Gasteiger charge is 2.16. The summed E-state index contributed by atoms with van der Waals surface area (Å²) in [7, 11) is 0. The van der Waals surface area contributed by atoms with Crippen LogP contribution in [0.3, 0.4) is 0 Å². The molecule has 0 saturated carbocycles.